The van der Waals surface area contributed by atoms with E-state index >= 15 is 0 Å². The number of ether oxygens (including phenoxy) is 1. The number of methoxy groups -OCH3 is 1. The Hall–Kier alpha value is -1.93. The Morgan fingerprint density at radius 2 is 1.79 bits per heavy atom. The van der Waals surface area contributed by atoms with Crippen molar-refractivity contribution in [2.75, 3.05) is 32.1 Å². The van der Waals surface area contributed by atoms with Crippen LogP contribution in [-0.2, 0) is 27.2 Å². The van der Waals surface area contributed by atoms with Crippen molar-refractivity contribution in [1.82, 2.24) is 10.2 Å². The molecule has 3 aliphatic rings. The summed E-state index contributed by atoms with van der Waals surface area (Å²) in [4.78, 5) is 41.1. The lowest BCUT2D eigenvalue weighted by atomic mass is 9.88. The van der Waals surface area contributed by atoms with Crippen LogP contribution in [0.4, 0.5) is 5.00 Å². The van der Waals surface area contributed by atoms with Gasteiger partial charge in [-0.2, -0.15) is 0 Å². The van der Waals surface area contributed by atoms with Gasteiger partial charge in [-0.05, 0) is 56.4 Å². The third-order valence-electron chi connectivity index (χ3n) is 7.43. The molecule has 1 atom stereocenters. The Balaban J connectivity index is 1.28. The maximum Gasteiger partial charge on any atom is 0.341 e. The molecule has 2 N–H and O–H groups in total. The van der Waals surface area contributed by atoms with Crippen LogP contribution in [0, 0.1) is 11.8 Å². The fraction of sp³-hybridized carbons (Fsp3) is 0.720. The molecule has 0 spiro atoms. The third kappa shape index (κ3) is 5.96. The molecule has 2 heterocycles. The number of carbonyl (C=O) groups excluding carboxylic acids is 3. The first-order chi connectivity index (χ1) is 15.9. The zero-order valence-corrected chi connectivity index (χ0v) is 20.7. The molecule has 1 saturated heterocycles. The number of fused-ring (bicyclic) bond motifs is 1. The van der Waals surface area contributed by atoms with Gasteiger partial charge >= 0.3 is 5.97 Å². The molecule has 1 aromatic rings. The van der Waals surface area contributed by atoms with E-state index in [0.717, 1.165) is 76.4 Å². The van der Waals surface area contributed by atoms with Crippen LogP contribution in [0.1, 0.15) is 79.1 Å². The van der Waals surface area contributed by atoms with Crippen LogP contribution < -0.4 is 10.6 Å². The summed E-state index contributed by atoms with van der Waals surface area (Å²) in [6.07, 6.45) is 10.2. The number of amides is 2. The van der Waals surface area contributed by atoms with Gasteiger partial charge in [-0.1, -0.05) is 26.2 Å². The van der Waals surface area contributed by atoms with E-state index in [0.29, 0.717) is 23.0 Å². The van der Waals surface area contributed by atoms with Crippen LogP contribution in [0.15, 0.2) is 0 Å². The van der Waals surface area contributed by atoms with Gasteiger partial charge in [-0.3, -0.25) is 14.5 Å². The molecular weight excluding hydrogens is 438 g/mol. The standard InChI is InChI=1S/C25H37N3O4S/c1-16-8-9-19-20(14-16)33-24(22(19)25(31)32-2)27-21(29)15-28-12-10-18(11-13-28)26-23(30)17-6-4-3-5-7-17/h16-18H,3-15H2,1-2H3,(H,26,30)(H,27,29). The van der Waals surface area contributed by atoms with E-state index in [4.69, 9.17) is 4.74 Å². The van der Waals surface area contributed by atoms with Crippen LogP contribution in [0.2, 0.25) is 0 Å². The predicted octanol–water partition coefficient (Wildman–Crippen LogP) is 3.76. The quantitative estimate of drug-likeness (QED) is 0.612. The number of hydrogen-bond donors (Lipinski definition) is 2. The fourth-order valence-electron chi connectivity index (χ4n) is 5.45. The molecule has 8 heteroatoms. The maximum absolute atomic E-state index is 12.8. The van der Waals surface area contributed by atoms with E-state index in [-0.39, 0.29) is 29.7 Å². The van der Waals surface area contributed by atoms with Gasteiger partial charge < -0.3 is 15.4 Å². The first kappa shape index (κ1) is 24.2. The van der Waals surface area contributed by atoms with Gasteiger partial charge in [0.1, 0.15) is 5.00 Å². The number of piperidine rings is 1. The summed E-state index contributed by atoms with van der Waals surface area (Å²) in [6, 6.07) is 0.204. The van der Waals surface area contributed by atoms with E-state index in [1.807, 2.05) is 0 Å². The monoisotopic (exact) mass is 475 g/mol. The number of nitrogens with one attached hydrogen (secondary N) is 2. The van der Waals surface area contributed by atoms with Crippen molar-refractivity contribution in [2.24, 2.45) is 11.8 Å². The van der Waals surface area contributed by atoms with E-state index in [9.17, 15) is 14.4 Å². The molecule has 0 bridgehead atoms. The van der Waals surface area contributed by atoms with Crippen LogP contribution in [0.5, 0.6) is 0 Å². The lowest BCUT2D eigenvalue weighted by Gasteiger charge is -2.33. The topological polar surface area (TPSA) is 87.7 Å². The average Bonchev–Trinajstić information content (AvgIpc) is 3.16. The average molecular weight is 476 g/mol. The van der Waals surface area contributed by atoms with Gasteiger partial charge in [0.25, 0.3) is 0 Å². The Morgan fingerprint density at radius 1 is 1.06 bits per heavy atom. The molecule has 1 aliphatic heterocycles. The smallest absolute Gasteiger partial charge is 0.341 e. The van der Waals surface area contributed by atoms with E-state index in [1.165, 1.54) is 29.7 Å². The number of nitrogens with zero attached hydrogens (tertiary/aromatic N) is 1. The highest BCUT2D eigenvalue weighted by molar-refractivity contribution is 7.17. The highest BCUT2D eigenvalue weighted by Gasteiger charge is 2.30. The number of thiophene rings is 1. The Bertz CT molecular complexity index is 869. The van der Waals surface area contributed by atoms with Crippen molar-refractivity contribution in [3.63, 3.8) is 0 Å². The number of esters is 1. The SMILES string of the molecule is COC(=O)c1c(NC(=O)CN2CCC(NC(=O)C3CCCCC3)CC2)sc2c1CCC(C)C2. The number of likely N-dealkylation sites (tertiary alicyclic amines) is 1. The molecule has 0 radical (unpaired) electrons. The Kier molecular flexibility index (Phi) is 8.07. The van der Waals surface area contributed by atoms with Crippen molar-refractivity contribution in [3.8, 4) is 0 Å². The molecular formula is C25H37N3O4S. The van der Waals surface area contributed by atoms with E-state index in [2.05, 4.69) is 22.5 Å². The zero-order valence-electron chi connectivity index (χ0n) is 19.9. The predicted molar refractivity (Wildman–Crippen MR) is 130 cm³/mol. The second-order valence-electron chi connectivity index (χ2n) is 9.99. The summed E-state index contributed by atoms with van der Waals surface area (Å²) in [7, 11) is 1.39. The molecule has 2 amide bonds. The summed E-state index contributed by atoms with van der Waals surface area (Å²) in [5, 5.41) is 6.87. The molecule has 1 unspecified atom stereocenters. The first-order valence-corrected chi connectivity index (χ1v) is 13.3. The van der Waals surface area contributed by atoms with Gasteiger partial charge in [-0.25, -0.2) is 4.79 Å². The number of anilines is 1. The minimum atomic E-state index is -0.369. The molecule has 7 nitrogen and oxygen atoms in total. The summed E-state index contributed by atoms with van der Waals surface area (Å²) < 4.78 is 5.02. The second kappa shape index (κ2) is 11.0. The van der Waals surface area contributed by atoms with Crippen molar-refractivity contribution in [3.05, 3.63) is 16.0 Å². The zero-order chi connectivity index (χ0) is 23.4. The maximum atomic E-state index is 12.8. The molecule has 4 rings (SSSR count). The molecule has 2 fully saturated rings. The van der Waals surface area contributed by atoms with Crippen LogP contribution in [0.3, 0.4) is 0 Å². The third-order valence-corrected chi connectivity index (χ3v) is 8.60. The van der Waals surface area contributed by atoms with E-state index in [1.54, 1.807) is 0 Å². The number of rotatable bonds is 6. The molecule has 2 aliphatic carbocycles. The number of hydrogen-bond acceptors (Lipinski definition) is 6. The molecule has 182 valence electrons. The van der Waals surface area contributed by atoms with Crippen LogP contribution in [0.25, 0.3) is 0 Å². The second-order valence-corrected chi connectivity index (χ2v) is 11.1. The van der Waals surface area contributed by atoms with Crippen molar-refractivity contribution >= 4 is 34.1 Å². The van der Waals surface area contributed by atoms with Crippen molar-refractivity contribution in [2.45, 2.75) is 77.2 Å². The van der Waals surface area contributed by atoms with Gasteiger partial charge in [-0.15, -0.1) is 11.3 Å². The molecule has 1 saturated carbocycles. The van der Waals surface area contributed by atoms with Crippen LogP contribution >= 0.6 is 11.3 Å². The normalized spacial score (nSPS) is 22.4. The van der Waals surface area contributed by atoms with Crippen LogP contribution in [-0.4, -0.2) is 55.5 Å². The fourth-order valence-corrected chi connectivity index (χ4v) is 6.86. The summed E-state index contributed by atoms with van der Waals surface area (Å²) >= 11 is 1.52. The Labute approximate surface area is 200 Å². The summed E-state index contributed by atoms with van der Waals surface area (Å²) in [6.45, 7) is 4.08. The van der Waals surface area contributed by atoms with Crippen molar-refractivity contribution < 1.29 is 19.1 Å². The molecule has 33 heavy (non-hydrogen) atoms. The van der Waals surface area contributed by atoms with Crippen molar-refractivity contribution in [1.29, 1.82) is 0 Å². The first-order valence-electron chi connectivity index (χ1n) is 12.5. The van der Waals surface area contributed by atoms with E-state index < -0.39 is 0 Å². The lowest BCUT2D eigenvalue weighted by Crippen LogP contribution is -2.48. The highest BCUT2D eigenvalue weighted by Crippen LogP contribution is 2.40. The molecule has 0 aromatic carbocycles. The lowest BCUT2D eigenvalue weighted by molar-refractivity contribution is -0.127. The van der Waals surface area contributed by atoms with Gasteiger partial charge in [0, 0.05) is 29.9 Å². The van der Waals surface area contributed by atoms with Gasteiger partial charge in [0.05, 0.1) is 19.2 Å². The molecule has 1 aromatic heterocycles. The van der Waals surface area contributed by atoms with Gasteiger partial charge in [0.15, 0.2) is 0 Å². The highest BCUT2D eigenvalue weighted by atomic mass is 32.1. The Morgan fingerprint density at radius 3 is 2.48 bits per heavy atom. The number of carbonyl (C=O) groups is 3. The minimum Gasteiger partial charge on any atom is -0.465 e. The summed E-state index contributed by atoms with van der Waals surface area (Å²) in [5.41, 5.74) is 1.59. The largest absolute Gasteiger partial charge is 0.465 e. The minimum absolute atomic E-state index is 0.100. The summed E-state index contributed by atoms with van der Waals surface area (Å²) in [5.74, 6) is 0.525. The van der Waals surface area contributed by atoms with Gasteiger partial charge in [0.2, 0.25) is 11.8 Å².